The van der Waals surface area contributed by atoms with E-state index in [2.05, 4.69) is 0 Å². The van der Waals surface area contributed by atoms with Gasteiger partial charge in [-0.1, -0.05) is 0 Å². The molecule has 0 bridgehead atoms. The van der Waals surface area contributed by atoms with Crippen LogP contribution in [0.1, 0.15) is 13.8 Å². The van der Waals surface area contributed by atoms with Crippen LogP contribution in [0.5, 0.6) is 0 Å². The minimum Gasteiger partial charge on any atom is -0.394 e. The molecule has 0 spiro atoms. The van der Waals surface area contributed by atoms with Gasteiger partial charge >= 0.3 is 0 Å². The van der Waals surface area contributed by atoms with E-state index in [1.54, 1.807) is 0 Å². The van der Waals surface area contributed by atoms with Crippen molar-refractivity contribution in [1.29, 1.82) is 0 Å². The van der Waals surface area contributed by atoms with Crippen molar-refractivity contribution in [2.75, 3.05) is 13.2 Å². The highest BCUT2D eigenvalue weighted by atomic mass is 16.8. The molecular weight excluding hydrogens is 592 g/mol. The Morgan fingerprint density at radius 3 is 1.30 bits per heavy atom. The first kappa shape index (κ1) is 35.1. The predicted octanol–water partition coefficient (Wildman–Crippen LogP) is -7.69. The largest absolute Gasteiger partial charge is 0.394 e. The minimum atomic E-state index is -1.91. The van der Waals surface area contributed by atoms with Crippen molar-refractivity contribution in [1.82, 2.24) is 0 Å². The van der Waals surface area contributed by atoms with Gasteiger partial charge in [0.15, 0.2) is 25.2 Å². The number of hydrogen-bond donors (Lipinski definition) is 12. The van der Waals surface area contributed by atoms with Crippen LogP contribution in [0.3, 0.4) is 0 Å². The van der Waals surface area contributed by atoms with Crippen molar-refractivity contribution < 1.29 is 94.4 Å². The molecule has 4 rings (SSSR count). The van der Waals surface area contributed by atoms with Crippen LogP contribution < -0.4 is 0 Å². The summed E-state index contributed by atoms with van der Waals surface area (Å²) in [5.41, 5.74) is 0. The van der Waals surface area contributed by atoms with Crippen LogP contribution in [0.2, 0.25) is 0 Å². The third-order valence-corrected chi connectivity index (χ3v) is 8.13. The second kappa shape index (κ2) is 14.3. The predicted molar refractivity (Wildman–Crippen MR) is 131 cm³/mol. The lowest BCUT2D eigenvalue weighted by molar-refractivity contribution is -0.393. The molecule has 0 aliphatic carbocycles. The standard InChI is InChI=1S/C24H42O19/c1-5-10(28)19(42-23-16(34)14(32)12(30)8(4-26)40-23)20(21(36)37-5)43-24-17(35)18(9(27)6(2)38-24)41-22-15(33)13(31)11(29)7(3-25)39-22/h5-36H,3-4H2,1-2H3/t5-,6-,7+,8+,9-,10-,11+,12+,13-,14-,15+,16+,17+,18+,19+,20+,21+,22+,23+,24-/m0/s1. The summed E-state index contributed by atoms with van der Waals surface area (Å²) in [5.74, 6) is 0. The molecule has 4 heterocycles. The third kappa shape index (κ3) is 7.00. The Kier molecular flexibility index (Phi) is 11.7. The molecule has 4 aliphatic rings. The summed E-state index contributed by atoms with van der Waals surface area (Å²) >= 11 is 0. The first-order valence-electron chi connectivity index (χ1n) is 13.8. The smallest absolute Gasteiger partial charge is 0.187 e. The summed E-state index contributed by atoms with van der Waals surface area (Å²) in [5, 5.41) is 123. The lowest BCUT2D eigenvalue weighted by atomic mass is 9.96. The molecule has 12 N–H and O–H groups in total. The molecule has 4 saturated heterocycles. The molecule has 20 atom stereocenters. The van der Waals surface area contributed by atoms with E-state index in [9.17, 15) is 61.3 Å². The summed E-state index contributed by atoms with van der Waals surface area (Å²) in [6, 6.07) is 0. The van der Waals surface area contributed by atoms with Gasteiger partial charge in [0.25, 0.3) is 0 Å². The first-order chi connectivity index (χ1) is 20.2. The molecule has 0 aromatic carbocycles. The Morgan fingerprint density at radius 2 is 0.814 bits per heavy atom. The normalized spacial score (nSPS) is 54.8. The van der Waals surface area contributed by atoms with Gasteiger partial charge in [0.05, 0.1) is 25.4 Å². The van der Waals surface area contributed by atoms with Crippen molar-refractivity contribution in [3.8, 4) is 0 Å². The molecular formula is C24H42O19. The zero-order valence-electron chi connectivity index (χ0n) is 23.2. The fourth-order valence-electron chi connectivity index (χ4n) is 5.40. The van der Waals surface area contributed by atoms with E-state index in [4.69, 9.17) is 33.2 Å². The fourth-order valence-corrected chi connectivity index (χ4v) is 5.40. The van der Waals surface area contributed by atoms with Gasteiger partial charge in [-0.25, -0.2) is 0 Å². The summed E-state index contributed by atoms with van der Waals surface area (Å²) in [6.45, 7) is 1.21. The van der Waals surface area contributed by atoms with Gasteiger partial charge in [0.2, 0.25) is 0 Å². The second-order valence-corrected chi connectivity index (χ2v) is 11.1. The van der Waals surface area contributed by atoms with E-state index in [0.717, 1.165) is 0 Å². The van der Waals surface area contributed by atoms with Crippen molar-refractivity contribution >= 4 is 0 Å². The van der Waals surface area contributed by atoms with Crippen LogP contribution >= 0.6 is 0 Å². The van der Waals surface area contributed by atoms with E-state index in [-0.39, 0.29) is 0 Å². The highest BCUT2D eigenvalue weighted by molar-refractivity contribution is 4.97. The van der Waals surface area contributed by atoms with Crippen LogP contribution in [-0.2, 0) is 33.2 Å². The van der Waals surface area contributed by atoms with Crippen LogP contribution in [-0.4, -0.2) is 197 Å². The molecule has 0 amide bonds. The Hall–Kier alpha value is -0.760. The average molecular weight is 635 g/mol. The monoisotopic (exact) mass is 634 g/mol. The van der Waals surface area contributed by atoms with Crippen molar-refractivity contribution in [3.05, 3.63) is 0 Å². The first-order valence-corrected chi connectivity index (χ1v) is 13.8. The number of rotatable bonds is 8. The van der Waals surface area contributed by atoms with E-state index < -0.39 is 136 Å². The zero-order chi connectivity index (χ0) is 31.9. The summed E-state index contributed by atoms with van der Waals surface area (Å²) in [7, 11) is 0. The van der Waals surface area contributed by atoms with Crippen LogP contribution in [0, 0.1) is 0 Å². The van der Waals surface area contributed by atoms with Gasteiger partial charge in [-0.2, -0.15) is 0 Å². The number of hydrogen-bond acceptors (Lipinski definition) is 19. The molecule has 0 aromatic rings. The molecule has 19 nitrogen and oxygen atoms in total. The Morgan fingerprint density at radius 1 is 0.419 bits per heavy atom. The lowest BCUT2D eigenvalue weighted by Gasteiger charge is -2.49. The van der Waals surface area contributed by atoms with Crippen molar-refractivity contribution in [2.45, 2.75) is 137 Å². The zero-order valence-corrected chi connectivity index (χ0v) is 23.2. The number of aliphatic hydroxyl groups is 12. The quantitative estimate of drug-likeness (QED) is 0.118. The minimum absolute atomic E-state index is 0.762. The maximum Gasteiger partial charge on any atom is 0.187 e. The molecule has 19 heteroatoms. The third-order valence-electron chi connectivity index (χ3n) is 8.13. The topological polar surface area (TPSA) is 307 Å². The van der Waals surface area contributed by atoms with E-state index in [1.807, 2.05) is 0 Å². The highest BCUT2D eigenvalue weighted by Crippen LogP contribution is 2.34. The Balaban J connectivity index is 1.52. The van der Waals surface area contributed by atoms with Gasteiger partial charge in [-0.05, 0) is 13.8 Å². The second-order valence-electron chi connectivity index (χ2n) is 11.1. The molecule has 252 valence electrons. The Bertz CT molecular complexity index is 882. The number of aliphatic hydroxyl groups excluding tert-OH is 12. The molecule has 0 unspecified atom stereocenters. The van der Waals surface area contributed by atoms with Crippen LogP contribution in [0.4, 0.5) is 0 Å². The Labute approximate surface area is 244 Å². The van der Waals surface area contributed by atoms with Crippen LogP contribution in [0.25, 0.3) is 0 Å². The van der Waals surface area contributed by atoms with E-state index in [1.165, 1.54) is 13.8 Å². The molecule has 4 fully saturated rings. The van der Waals surface area contributed by atoms with Crippen molar-refractivity contribution in [3.63, 3.8) is 0 Å². The van der Waals surface area contributed by atoms with Gasteiger partial charge in [0, 0.05) is 0 Å². The van der Waals surface area contributed by atoms with E-state index >= 15 is 0 Å². The molecule has 4 aliphatic heterocycles. The fraction of sp³-hybridized carbons (Fsp3) is 1.00. The molecule has 43 heavy (non-hydrogen) atoms. The van der Waals surface area contributed by atoms with Gasteiger partial charge in [-0.3, -0.25) is 0 Å². The van der Waals surface area contributed by atoms with Gasteiger partial charge in [0.1, 0.15) is 85.5 Å². The number of ether oxygens (including phenoxy) is 7. The summed E-state index contributed by atoms with van der Waals surface area (Å²) in [4.78, 5) is 0. The average Bonchev–Trinajstić information content (AvgIpc) is 2.98. The van der Waals surface area contributed by atoms with E-state index in [0.29, 0.717) is 0 Å². The molecule has 0 saturated carbocycles. The van der Waals surface area contributed by atoms with Gasteiger partial charge < -0.3 is 94.4 Å². The molecule has 0 radical (unpaired) electrons. The lowest BCUT2D eigenvalue weighted by Crippen LogP contribution is -2.67. The van der Waals surface area contributed by atoms with Crippen LogP contribution in [0.15, 0.2) is 0 Å². The maximum absolute atomic E-state index is 11.1. The summed E-state index contributed by atoms with van der Waals surface area (Å²) in [6.07, 6.45) is -32.8. The molecule has 0 aromatic heterocycles. The van der Waals surface area contributed by atoms with Crippen molar-refractivity contribution in [2.24, 2.45) is 0 Å². The summed E-state index contributed by atoms with van der Waals surface area (Å²) < 4.78 is 38.5. The van der Waals surface area contributed by atoms with Gasteiger partial charge in [-0.15, -0.1) is 0 Å². The SMILES string of the molecule is C[C@@H]1O[C@@H](O[C@@H]2[C@H](O[C@H]3O[C@H](CO)[C@@H](O)[C@H](O)[C@H]3O)[C@@H](O)[C@H](C)O[C@H]2O)[C@H](O)[C@H](O[C@H]2O[C@H](CO)[C@@H](O)[C@H](O)[C@H]2O)[C@H]1O. The maximum atomic E-state index is 11.1. The highest BCUT2D eigenvalue weighted by Gasteiger charge is 2.54.